The number of carboxylic acid groups (broad SMARTS) is 1. The highest BCUT2D eigenvalue weighted by Crippen LogP contribution is 2.27. The zero-order chi connectivity index (χ0) is 25.8. The first-order valence-electron chi connectivity index (χ1n) is 11.0. The van der Waals surface area contributed by atoms with Crippen LogP contribution in [0.3, 0.4) is 0 Å². The summed E-state index contributed by atoms with van der Waals surface area (Å²) in [7, 11) is 0. The van der Waals surface area contributed by atoms with Gasteiger partial charge in [-0.2, -0.15) is 4.98 Å². The number of anilines is 2. The number of ether oxygens (including phenoxy) is 1. The van der Waals surface area contributed by atoms with Crippen LogP contribution in [0.2, 0.25) is 0 Å². The van der Waals surface area contributed by atoms with Crippen molar-refractivity contribution < 1.29 is 19.0 Å². The predicted molar refractivity (Wildman–Crippen MR) is 130 cm³/mol. The third-order valence-corrected chi connectivity index (χ3v) is 5.35. The molecule has 0 saturated carbocycles. The molecule has 0 aliphatic rings. The van der Waals surface area contributed by atoms with E-state index in [2.05, 4.69) is 15.3 Å². The maximum atomic E-state index is 13.3. The van der Waals surface area contributed by atoms with Gasteiger partial charge in [0.1, 0.15) is 11.6 Å². The topological polar surface area (TPSA) is 128 Å². The standard InChI is InChI=1S/C25H22FN5O5/c1-3-30-24(34)29-23(31(25(30)35)14-16-4-7-18(26)8-5-16)28-19-9-10-20(15(2)12-19)36-21-11-6-17(13-27-21)22(32)33/h4-13H,3,14H2,1-2H3,(H,32,33)(H,28,29,34). The van der Waals surface area contributed by atoms with Crippen LogP contribution in [-0.2, 0) is 13.1 Å². The number of nitrogens with one attached hydrogen (secondary N) is 1. The first-order valence-corrected chi connectivity index (χ1v) is 11.0. The molecule has 0 amide bonds. The monoisotopic (exact) mass is 491 g/mol. The van der Waals surface area contributed by atoms with Gasteiger partial charge in [-0.15, -0.1) is 0 Å². The second-order valence-electron chi connectivity index (χ2n) is 7.86. The summed E-state index contributed by atoms with van der Waals surface area (Å²) in [5.41, 5.74) is 0.722. The molecule has 0 fully saturated rings. The van der Waals surface area contributed by atoms with Crippen LogP contribution < -0.4 is 21.4 Å². The molecule has 184 valence electrons. The van der Waals surface area contributed by atoms with E-state index in [4.69, 9.17) is 9.84 Å². The lowest BCUT2D eigenvalue weighted by Crippen LogP contribution is -2.42. The lowest BCUT2D eigenvalue weighted by molar-refractivity contribution is 0.0696. The number of aromatic nitrogens is 4. The van der Waals surface area contributed by atoms with E-state index in [1.807, 2.05) is 0 Å². The van der Waals surface area contributed by atoms with E-state index < -0.39 is 23.2 Å². The van der Waals surface area contributed by atoms with Gasteiger partial charge in [0.15, 0.2) is 0 Å². The van der Waals surface area contributed by atoms with Crippen LogP contribution in [-0.4, -0.2) is 30.2 Å². The summed E-state index contributed by atoms with van der Waals surface area (Å²) in [5, 5.41) is 12.0. The van der Waals surface area contributed by atoms with Crippen LogP contribution in [0.25, 0.3) is 0 Å². The van der Waals surface area contributed by atoms with Gasteiger partial charge in [0.2, 0.25) is 11.8 Å². The summed E-state index contributed by atoms with van der Waals surface area (Å²) in [4.78, 5) is 44.4. The van der Waals surface area contributed by atoms with E-state index in [0.717, 1.165) is 4.57 Å². The van der Waals surface area contributed by atoms with Crippen molar-refractivity contribution in [2.24, 2.45) is 0 Å². The summed E-state index contributed by atoms with van der Waals surface area (Å²) in [5.74, 6) is -0.736. The molecule has 0 saturated heterocycles. The van der Waals surface area contributed by atoms with Gasteiger partial charge in [-0.1, -0.05) is 12.1 Å². The Balaban J connectivity index is 1.62. The number of hydrogen-bond acceptors (Lipinski definition) is 7. The molecule has 4 rings (SSSR count). The van der Waals surface area contributed by atoms with Gasteiger partial charge >= 0.3 is 17.3 Å². The number of benzene rings is 2. The van der Waals surface area contributed by atoms with E-state index in [1.54, 1.807) is 44.2 Å². The molecule has 0 radical (unpaired) electrons. The molecule has 36 heavy (non-hydrogen) atoms. The number of pyridine rings is 1. The molecule has 0 aliphatic carbocycles. The lowest BCUT2D eigenvalue weighted by atomic mass is 10.2. The summed E-state index contributed by atoms with van der Waals surface area (Å²) in [6, 6.07) is 13.6. The predicted octanol–water partition coefficient (Wildman–Crippen LogP) is 3.55. The quantitative estimate of drug-likeness (QED) is 0.383. The Kier molecular flexibility index (Phi) is 6.91. The molecule has 0 atom stereocenters. The highest BCUT2D eigenvalue weighted by molar-refractivity contribution is 5.87. The first-order chi connectivity index (χ1) is 17.2. The lowest BCUT2D eigenvalue weighted by Gasteiger charge is -2.16. The zero-order valence-corrected chi connectivity index (χ0v) is 19.4. The minimum absolute atomic E-state index is 0.0398. The van der Waals surface area contributed by atoms with Gasteiger partial charge < -0.3 is 15.2 Å². The summed E-state index contributed by atoms with van der Waals surface area (Å²) < 4.78 is 21.4. The molecular weight excluding hydrogens is 469 g/mol. The number of halogens is 1. The Hall–Kier alpha value is -4.80. The number of rotatable bonds is 8. The van der Waals surface area contributed by atoms with Crippen LogP contribution in [0.1, 0.15) is 28.4 Å². The number of aromatic carboxylic acids is 1. The van der Waals surface area contributed by atoms with Crippen LogP contribution >= 0.6 is 0 Å². The van der Waals surface area contributed by atoms with Gasteiger partial charge in [-0.3, -0.25) is 4.57 Å². The summed E-state index contributed by atoms with van der Waals surface area (Å²) in [6.45, 7) is 3.69. The molecular formula is C25H22FN5O5. The Bertz CT molecular complexity index is 1530. The number of carboxylic acids is 1. The summed E-state index contributed by atoms with van der Waals surface area (Å²) in [6.07, 6.45) is 1.20. The molecule has 0 unspecified atom stereocenters. The molecule has 11 heteroatoms. The van der Waals surface area contributed by atoms with Crippen molar-refractivity contribution in [2.75, 3.05) is 5.32 Å². The normalized spacial score (nSPS) is 10.8. The number of nitrogens with zero attached hydrogens (tertiary/aromatic N) is 4. The van der Waals surface area contributed by atoms with Gasteiger partial charge in [-0.05, 0) is 61.4 Å². The van der Waals surface area contributed by atoms with Crippen molar-refractivity contribution in [3.63, 3.8) is 0 Å². The van der Waals surface area contributed by atoms with E-state index in [-0.39, 0.29) is 30.5 Å². The highest BCUT2D eigenvalue weighted by atomic mass is 19.1. The number of hydrogen-bond donors (Lipinski definition) is 2. The minimum Gasteiger partial charge on any atom is -0.478 e. The molecule has 2 heterocycles. The van der Waals surface area contributed by atoms with Crippen LogP contribution in [0.15, 0.2) is 70.4 Å². The van der Waals surface area contributed by atoms with Gasteiger partial charge in [0, 0.05) is 24.5 Å². The van der Waals surface area contributed by atoms with Crippen molar-refractivity contribution in [3.8, 4) is 11.6 Å². The Labute approximate surface area is 204 Å². The van der Waals surface area contributed by atoms with Crippen molar-refractivity contribution in [2.45, 2.75) is 26.9 Å². The highest BCUT2D eigenvalue weighted by Gasteiger charge is 2.14. The largest absolute Gasteiger partial charge is 0.478 e. The smallest absolute Gasteiger partial charge is 0.354 e. The van der Waals surface area contributed by atoms with Crippen molar-refractivity contribution in [1.29, 1.82) is 0 Å². The molecule has 4 aromatic rings. The van der Waals surface area contributed by atoms with E-state index >= 15 is 0 Å². The fraction of sp³-hybridized carbons (Fsp3) is 0.160. The van der Waals surface area contributed by atoms with Gasteiger partial charge in [-0.25, -0.2) is 28.3 Å². The second kappa shape index (κ2) is 10.2. The van der Waals surface area contributed by atoms with Crippen molar-refractivity contribution in [1.82, 2.24) is 19.1 Å². The average Bonchev–Trinajstić information content (AvgIpc) is 2.85. The molecule has 0 bridgehead atoms. The third kappa shape index (κ3) is 5.30. The maximum Gasteiger partial charge on any atom is 0.354 e. The second-order valence-corrected chi connectivity index (χ2v) is 7.86. The number of aryl methyl sites for hydroxylation is 1. The average molecular weight is 491 g/mol. The molecule has 0 spiro atoms. The Morgan fingerprint density at radius 1 is 1.08 bits per heavy atom. The maximum absolute atomic E-state index is 13.3. The number of carbonyl (C=O) groups is 1. The van der Waals surface area contributed by atoms with Crippen LogP contribution in [0.5, 0.6) is 11.6 Å². The zero-order valence-electron chi connectivity index (χ0n) is 19.4. The van der Waals surface area contributed by atoms with Gasteiger partial charge in [0.25, 0.3) is 0 Å². The van der Waals surface area contributed by atoms with Gasteiger partial charge in [0.05, 0.1) is 12.1 Å². The first kappa shape index (κ1) is 24.3. The van der Waals surface area contributed by atoms with Crippen LogP contribution in [0, 0.1) is 12.7 Å². The van der Waals surface area contributed by atoms with E-state index in [0.29, 0.717) is 22.6 Å². The Morgan fingerprint density at radius 2 is 1.83 bits per heavy atom. The fourth-order valence-corrected chi connectivity index (χ4v) is 3.46. The molecule has 2 aromatic carbocycles. The SMILES string of the molecule is CCn1c(=O)nc(Nc2ccc(Oc3ccc(C(=O)O)cn3)c(C)c2)n(Cc2ccc(F)cc2)c1=O. The molecule has 0 aliphatic heterocycles. The molecule has 2 N–H and O–H groups in total. The Morgan fingerprint density at radius 3 is 2.44 bits per heavy atom. The molecule has 2 aromatic heterocycles. The van der Waals surface area contributed by atoms with Crippen LogP contribution in [0.4, 0.5) is 16.0 Å². The summed E-state index contributed by atoms with van der Waals surface area (Å²) >= 11 is 0. The van der Waals surface area contributed by atoms with E-state index in [1.165, 1.54) is 35.0 Å². The minimum atomic E-state index is -1.08. The fourth-order valence-electron chi connectivity index (χ4n) is 3.46. The van der Waals surface area contributed by atoms with Crippen molar-refractivity contribution in [3.05, 3.63) is 104 Å². The third-order valence-electron chi connectivity index (χ3n) is 5.35. The molecule has 10 nitrogen and oxygen atoms in total. The van der Waals surface area contributed by atoms with Crippen molar-refractivity contribution >= 4 is 17.6 Å². The van der Waals surface area contributed by atoms with E-state index in [9.17, 15) is 18.8 Å².